The van der Waals surface area contributed by atoms with Crippen molar-refractivity contribution >= 4 is 17.6 Å². The third-order valence-electron chi connectivity index (χ3n) is 5.64. The summed E-state index contributed by atoms with van der Waals surface area (Å²) < 4.78 is 0. The molecule has 2 amide bonds. The van der Waals surface area contributed by atoms with Crippen LogP contribution < -0.4 is 10.6 Å². The first kappa shape index (κ1) is 21.1. The molecule has 0 spiro atoms. The average molecular weight is 425 g/mol. The smallest absolute Gasteiger partial charge is 0.270 e. The maximum atomic E-state index is 12.5. The number of pyridine rings is 1. The van der Waals surface area contributed by atoms with Crippen LogP contribution in [0.15, 0.2) is 30.9 Å². The quantitative estimate of drug-likeness (QED) is 0.551. The molecule has 0 bridgehead atoms. The van der Waals surface area contributed by atoms with Gasteiger partial charge < -0.3 is 20.6 Å². The minimum absolute atomic E-state index is 0.0461. The van der Waals surface area contributed by atoms with Gasteiger partial charge in [-0.3, -0.25) is 19.5 Å². The van der Waals surface area contributed by atoms with Gasteiger partial charge in [0.05, 0.1) is 12.1 Å². The van der Waals surface area contributed by atoms with E-state index in [0.29, 0.717) is 25.5 Å². The van der Waals surface area contributed by atoms with Crippen LogP contribution >= 0.6 is 0 Å². The first-order valence-corrected chi connectivity index (χ1v) is 10.4. The third kappa shape index (κ3) is 5.33. The Kier molecular flexibility index (Phi) is 6.38. The Balaban J connectivity index is 1.23. The molecule has 1 atom stereocenters. The molecule has 3 N–H and O–H groups in total. The summed E-state index contributed by atoms with van der Waals surface area (Å²) >= 11 is 0. The first-order chi connectivity index (χ1) is 15.0. The Hall–Kier alpha value is -3.11. The maximum absolute atomic E-state index is 12.5. The molecule has 0 unspecified atom stereocenters. The number of aromatic nitrogens is 3. The number of nitrogens with one attached hydrogen (secondary N) is 2. The fraction of sp³-hybridized carbons (Fsp3) is 0.476. The molecule has 2 aliphatic heterocycles. The van der Waals surface area contributed by atoms with E-state index in [-0.39, 0.29) is 30.1 Å². The number of fused-ring (bicyclic) bond motifs is 1. The van der Waals surface area contributed by atoms with Crippen LogP contribution in [0.25, 0.3) is 0 Å². The Morgan fingerprint density at radius 2 is 2.13 bits per heavy atom. The SMILES string of the molecule is CC(=O)N1CC(Nc2cc(C(=O)NC[C@H](O)CN3CCc4ccncc4C3)ncn2)C1. The highest BCUT2D eigenvalue weighted by atomic mass is 16.3. The van der Waals surface area contributed by atoms with Gasteiger partial charge in [-0.05, 0) is 23.6 Å². The number of hydrogen-bond acceptors (Lipinski definition) is 8. The predicted octanol–water partition coefficient (Wildman–Crippen LogP) is -0.337. The highest BCUT2D eigenvalue weighted by Gasteiger charge is 2.28. The van der Waals surface area contributed by atoms with Crippen LogP contribution in [0.2, 0.25) is 0 Å². The standard InChI is InChI=1S/C21H27N7O3/c1-14(29)28-10-17(11-28)26-20-6-19(24-13-25-20)21(31)23-8-18(30)12-27-5-3-15-2-4-22-7-16(15)9-27/h2,4,6-7,13,17-18,30H,3,5,8-12H2,1H3,(H,23,31)(H,24,25,26)/t18-/m0/s1. The molecule has 4 rings (SSSR count). The molecule has 1 fully saturated rings. The molecule has 2 aromatic rings. The fourth-order valence-corrected chi connectivity index (χ4v) is 3.86. The second kappa shape index (κ2) is 9.36. The van der Waals surface area contributed by atoms with E-state index in [9.17, 15) is 14.7 Å². The van der Waals surface area contributed by atoms with Crippen LogP contribution in [-0.2, 0) is 17.8 Å². The molecule has 0 saturated carbocycles. The number of aliphatic hydroxyl groups excluding tert-OH is 1. The summed E-state index contributed by atoms with van der Waals surface area (Å²) in [6, 6.07) is 3.73. The highest BCUT2D eigenvalue weighted by Crippen LogP contribution is 2.17. The van der Waals surface area contributed by atoms with Gasteiger partial charge in [-0.15, -0.1) is 0 Å². The fourth-order valence-electron chi connectivity index (χ4n) is 3.86. The molecule has 1 saturated heterocycles. The van der Waals surface area contributed by atoms with Crippen molar-refractivity contribution in [3.8, 4) is 0 Å². The molecule has 2 aliphatic rings. The monoisotopic (exact) mass is 425 g/mol. The lowest BCUT2D eigenvalue weighted by atomic mass is 10.0. The van der Waals surface area contributed by atoms with Gasteiger partial charge in [0.25, 0.3) is 5.91 Å². The average Bonchev–Trinajstić information content (AvgIpc) is 2.74. The van der Waals surface area contributed by atoms with Crippen molar-refractivity contribution in [3.63, 3.8) is 0 Å². The van der Waals surface area contributed by atoms with Crippen molar-refractivity contribution in [2.75, 3.05) is 38.0 Å². The summed E-state index contributed by atoms with van der Waals surface area (Å²) in [5, 5.41) is 16.3. The number of amides is 2. The van der Waals surface area contributed by atoms with Crippen LogP contribution in [-0.4, -0.2) is 86.5 Å². The van der Waals surface area contributed by atoms with E-state index in [1.54, 1.807) is 24.1 Å². The maximum Gasteiger partial charge on any atom is 0.270 e. The van der Waals surface area contributed by atoms with E-state index in [1.807, 2.05) is 12.3 Å². The number of carbonyl (C=O) groups is 2. The summed E-state index contributed by atoms with van der Waals surface area (Å²) in [7, 11) is 0. The summed E-state index contributed by atoms with van der Waals surface area (Å²) in [5.74, 6) is 0.218. The van der Waals surface area contributed by atoms with Gasteiger partial charge in [-0.2, -0.15) is 0 Å². The zero-order chi connectivity index (χ0) is 21.8. The number of β-amino-alcohol motifs (C(OH)–C–C–N with tert-alkyl or cyclic N) is 1. The number of hydrogen-bond donors (Lipinski definition) is 3. The number of nitrogens with zero attached hydrogens (tertiary/aromatic N) is 5. The minimum atomic E-state index is -0.686. The van der Waals surface area contributed by atoms with E-state index in [1.165, 1.54) is 17.5 Å². The molecular formula is C21H27N7O3. The number of likely N-dealkylation sites (tertiary alicyclic amines) is 1. The van der Waals surface area contributed by atoms with E-state index in [2.05, 4.69) is 30.5 Å². The van der Waals surface area contributed by atoms with Crippen LogP contribution in [0.5, 0.6) is 0 Å². The molecule has 10 heteroatoms. The molecule has 4 heterocycles. The highest BCUT2D eigenvalue weighted by molar-refractivity contribution is 5.92. The largest absolute Gasteiger partial charge is 0.390 e. The van der Waals surface area contributed by atoms with Crippen molar-refractivity contribution in [3.05, 3.63) is 47.7 Å². The zero-order valence-electron chi connectivity index (χ0n) is 17.5. The van der Waals surface area contributed by atoms with Crippen molar-refractivity contribution in [2.24, 2.45) is 0 Å². The summed E-state index contributed by atoms with van der Waals surface area (Å²) in [4.78, 5) is 39.9. The summed E-state index contributed by atoms with van der Waals surface area (Å²) in [6.45, 7) is 4.99. The third-order valence-corrected chi connectivity index (χ3v) is 5.64. The normalized spacial score (nSPS) is 17.4. The van der Waals surface area contributed by atoms with Crippen LogP contribution in [0.1, 0.15) is 28.5 Å². The van der Waals surface area contributed by atoms with Crippen LogP contribution in [0, 0.1) is 0 Å². The molecule has 164 valence electrons. The number of aliphatic hydroxyl groups is 1. The summed E-state index contributed by atoms with van der Waals surface area (Å²) in [5.41, 5.74) is 2.72. The van der Waals surface area contributed by atoms with E-state index >= 15 is 0 Å². The molecule has 31 heavy (non-hydrogen) atoms. The number of carbonyl (C=O) groups excluding carboxylic acids is 2. The van der Waals surface area contributed by atoms with Crippen molar-refractivity contribution in [1.82, 2.24) is 30.1 Å². The van der Waals surface area contributed by atoms with Crippen LogP contribution in [0.4, 0.5) is 5.82 Å². The molecular weight excluding hydrogens is 398 g/mol. The van der Waals surface area contributed by atoms with Crippen LogP contribution in [0.3, 0.4) is 0 Å². The molecule has 0 radical (unpaired) electrons. The lowest BCUT2D eigenvalue weighted by molar-refractivity contribution is -0.132. The second-order valence-corrected chi connectivity index (χ2v) is 8.05. The van der Waals surface area contributed by atoms with E-state index < -0.39 is 6.10 Å². The van der Waals surface area contributed by atoms with Gasteiger partial charge in [0.1, 0.15) is 17.8 Å². The molecule has 0 aromatic carbocycles. The second-order valence-electron chi connectivity index (χ2n) is 8.05. The van der Waals surface area contributed by atoms with Gasteiger partial charge in [0.15, 0.2) is 0 Å². The Morgan fingerprint density at radius 3 is 2.94 bits per heavy atom. The van der Waals surface area contributed by atoms with Gasteiger partial charge in [-0.1, -0.05) is 0 Å². The Morgan fingerprint density at radius 1 is 1.29 bits per heavy atom. The lowest BCUT2D eigenvalue weighted by Gasteiger charge is -2.39. The Labute approximate surface area is 180 Å². The number of anilines is 1. The predicted molar refractivity (Wildman–Crippen MR) is 113 cm³/mol. The van der Waals surface area contributed by atoms with E-state index in [0.717, 1.165) is 19.5 Å². The number of rotatable bonds is 7. The minimum Gasteiger partial charge on any atom is -0.390 e. The lowest BCUT2D eigenvalue weighted by Crippen LogP contribution is -2.56. The summed E-state index contributed by atoms with van der Waals surface area (Å²) in [6.07, 6.45) is 5.25. The van der Waals surface area contributed by atoms with Crippen molar-refractivity contribution in [1.29, 1.82) is 0 Å². The zero-order valence-corrected chi connectivity index (χ0v) is 17.5. The van der Waals surface area contributed by atoms with Crippen molar-refractivity contribution < 1.29 is 14.7 Å². The first-order valence-electron chi connectivity index (χ1n) is 10.4. The van der Waals surface area contributed by atoms with Gasteiger partial charge in [-0.25, -0.2) is 9.97 Å². The van der Waals surface area contributed by atoms with Crippen molar-refractivity contribution in [2.45, 2.75) is 32.0 Å². The topological polar surface area (TPSA) is 124 Å². The molecule has 0 aliphatic carbocycles. The van der Waals surface area contributed by atoms with E-state index in [4.69, 9.17) is 0 Å². The van der Waals surface area contributed by atoms with Gasteiger partial charge in [0, 0.05) is 64.7 Å². The van der Waals surface area contributed by atoms with Gasteiger partial charge >= 0.3 is 0 Å². The molecule has 2 aromatic heterocycles. The Bertz CT molecular complexity index is 948. The van der Waals surface area contributed by atoms with Gasteiger partial charge in [0.2, 0.25) is 5.91 Å². The molecule has 10 nitrogen and oxygen atoms in total.